The van der Waals surface area contributed by atoms with Gasteiger partial charge < -0.3 is 9.88 Å². The minimum absolute atomic E-state index is 0.386. The molecular formula is C11H15N5. The smallest absolute Gasteiger partial charge is 0.165 e. The van der Waals surface area contributed by atoms with Gasteiger partial charge in [-0.05, 0) is 19.9 Å². The van der Waals surface area contributed by atoms with Crippen molar-refractivity contribution < 1.29 is 0 Å². The summed E-state index contributed by atoms with van der Waals surface area (Å²) in [5.74, 6) is 0.819. The number of aryl methyl sites for hydroxylation is 1. The van der Waals surface area contributed by atoms with Gasteiger partial charge in [0, 0.05) is 31.0 Å². The summed E-state index contributed by atoms with van der Waals surface area (Å²) in [7, 11) is 1.91. The Morgan fingerprint density at radius 1 is 1.31 bits per heavy atom. The molecule has 2 aromatic heterocycles. The summed E-state index contributed by atoms with van der Waals surface area (Å²) in [5.41, 5.74) is 1.96. The molecule has 0 atom stereocenters. The molecule has 2 aromatic rings. The van der Waals surface area contributed by atoms with Crippen molar-refractivity contribution in [1.29, 1.82) is 0 Å². The van der Waals surface area contributed by atoms with Crippen molar-refractivity contribution in [2.45, 2.75) is 19.9 Å². The number of hydrogen-bond acceptors (Lipinski definition) is 4. The fourth-order valence-electron chi connectivity index (χ4n) is 1.52. The van der Waals surface area contributed by atoms with Crippen LogP contribution in [0.1, 0.15) is 13.8 Å². The molecule has 0 radical (unpaired) electrons. The first-order valence-electron chi connectivity index (χ1n) is 5.23. The molecule has 0 aromatic carbocycles. The van der Waals surface area contributed by atoms with E-state index in [0.717, 1.165) is 17.1 Å². The van der Waals surface area contributed by atoms with Crippen LogP contribution in [0.25, 0.3) is 11.4 Å². The molecule has 0 aliphatic carbocycles. The second-order valence-electron chi connectivity index (χ2n) is 4.03. The van der Waals surface area contributed by atoms with Gasteiger partial charge >= 0.3 is 0 Å². The van der Waals surface area contributed by atoms with Crippen LogP contribution in [0.3, 0.4) is 0 Å². The predicted octanol–water partition coefficient (Wildman–Crippen LogP) is 1.70. The molecular weight excluding hydrogens is 202 g/mol. The molecule has 1 N–H and O–H groups in total. The van der Waals surface area contributed by atoms with E-state index in [9.17, 15) is 0 Å². The van der Waals surface area contributed by atoms with Gasteiger partial charge in [-0.3, -0.25) is 4.98 Å². The number of rotatable bonds is 3. The van der Waals surface area contributed by atoms with E-state index < -0.39 is 0 Å². The van der Waals surface area contributed by atoms with Crippen molar-refractivity contribution in [3.63, 3.8) is 0 Å². The molecule has 16 heavy (non-hydrogen) atoms. The first-order chi connectivity index (χ1) is 7.66. The zero-order valence-electron chi connectivity index (χ0n) is 9.68. The summed E-state index contributed by atoms with van der Waals surface area (Å²) < 4.78 is 1.87. The van der Waals surface area contributed by atoms with Gasteiger partial charge in [-0.15, -0.1) is 10.2 Å². The van der Waals surface area contributed by atoms with Gasteiger partial charge in [-0.2, -0.15) is 0 Å². The van der Waals surface area contributed by atoms with Crippen LogP contribution in [0.5, 0.6) is 0 Å². The fraction of sp³-hybridized carbons (Fsp3) is 0.364. The summed E-state index contributed by atoms with van der Waals surface area (Å²) in [4.78, 5) is 4.19. The lowest BCUT2D eigenvalue weighted by Gasteiger charge is -2.10. The fourth-order valence-corrected chi connectivity index (χ4v) is 1.52. The molecule has 2 rings (SSSR count). The van der Waals surface area contributed by atoms with Crippen molar-refractivity contribution in [3.8, 4) is 11.4 Å². The highest BCUT2D eigenvalue weighted by Crippen LogP contribution is 2.18. The molecule has 0 saturated carbocycles. The molecule has 5 heteroatoms. The van der Waals surface area contributed by atoms with Crippen LogP contribution in [0.4, 0.5) is 5.69 Å². The Labute approximate surface area is 94.5 Å². The zero-order valence-corrected chi connectivity index (χ0v) is 9.68. The molecule has 0 aliphatic heterocycles. The van der Waals surface area contributed by atoms with Crippen molar-refractivity contribution >= 4 is 5.69 Å². The number of nitrogens with zero attached hydrogens (tertiary/aromatic N) is 4. The third kappa shape index (κ3) is 2.18. The largest absolute Gasteiger partial charge is 0.382 e. The van der Waals surface area contributed by atoms with Crippen molar-refractivity contribution in [2.24, 2.45) is 7.05 Å². The Morgan fingerprint density at radius 2 is 2.12 bits per heavy atom. The van der Waals surface area contributed by atoms with E-state index in [1.807, 2.05) is 17.7 Å². The van der Waals surface area contributed by atoms with Crippen LogP contribution in [-0.2, 0) is 7.05 Å². The van der Waals surface area contributed by atoms with E-state index >= 15 is 0 Å². The molecule has 0 aliphatic rings. The van der Waals surface area contributed by atoms with Crippen LogP contribution in [-0.4, -0.2) is 25.8 Å². The average molecular weight is 217 g/mol. The second-order valence-corrected chi connectivity index (χ2v) is 4.03. The monoisotopic (exact) mass is 217 g/mol. The van der Waals surface area contributed by atoms with E-state index in [2.05, 4.69) is 34.3 Å². The summed E-state index contributed by atoms with van der Waals surface area (Å²) in [5, 5.41) is 11.2. The quantitative estimate of drug-likeness (QED) is 0.850. The van der Waals surface area contributed by atoms with Gasteiger partial charge in [0.05, 0.1) is 5.69 Å². The highest BCUT2D eigenvalue weighted by molar-refractivity contribution is 5.60. The topological polar surface area (TPSA) is 55.6 Å². The van der Waals surface area contributed by atoms with Gasteiger partial charge in [0.25, 0.3) is 0 Å². The van der Waals surface area contributed by atoms with E-state index in [4.69, 9.17) is 0 Å². The Hall–Kier alpha value is -1.91. The predicted molar refractivity (Wildman–Crippen MR) is 63.0 cm³/mol. The van der Waals surface area contributed by atoms with Gasteiger partial charge in [0.15, 0.2) is 5.82 Å². The molecule has 0 bridgehead atoms. The normalized spacial score (nSPS) is 10.8. The highest BCUT2D eigenvalue weighted by atomic mass is 15.2. The number of anilines is 1. The summed E-state index contributed by atoms with van der Waals surface area (Å²) >= 11 is 0. The summed E-state index contributed by atoms with van der Waals surface area (Å²) in [6, 6.07) is 2.41. The van der Waals surface area contributed by atoms with Crippen LogP contribution < -0.4 is 5.32 Å². The number of hydrogen-bond donors (Lipinski definition) is 1. The molecule has 0 fully saturated rings. The van der Waals surface area contributed by atoms with Gasteiger partial charge in [0.2, 0.25) is 0 Å². The molecule has 5 nitrogen and oxygen atoms in total. The zero-order chi connectivity index (χ0) is 11.5. The standard InChI is InChI=1S/C11H15N5/c1-8(2)14-10-4-9(5-12-6-10)11-15-13-7-16(11)3/h4-8,14H,1-3H3. The molecule has 0 spiro atoms. The Kier molecular flexibility index (Phi) is 2.85. The second kappa shape index (κ2) is 4.30. The third-order valence-corrected chi connectivity index (χ3v) is 2.16. The van der Waals surface area contributed by atoms with E-state index in [-0.39, 0.29) is 0 Å². The van der Waals surface area contributed by atoms with Crippen LogP contribution in [0.2, 0.25) is 0 Å². The minimum atomic E-state index is 0.386. The van der Waals surface area contributed by atoms with Crippen LogP contribution in [0, 0.1) is 0 Å². The van der Waals surface area contributed by atoms with Gasteiger partial charge in [0.1, 0.15) is 6.33 Å². The van der Waals surface area contributed by atoms with E-state index in [1.165, 1.54) is 0 Å². The Morgan fingerprint density at radius 3 is 2.75 bits per heavy atom. The highest BCUT2D eigenvalue weighted by Gasteiger charge is 2.06. The maximum absolute atomic E-state index is 4.19. The minimum Gasteiger partial charge on any atom is -0.382 e. The maximum Gasteiger partial charge on any atom is 0.165 e. The lowest BCUT2D eigenvalue weighted by molar-refractivity contribution is 0.896. The van der Waals surface area contributed by atoms with Gasteiger partial charge in [-0.25, -0.2) is 0 Å². The lowest BCUT2D eigenvalue weighted by atomic mass is 10.2. The van der Waals surface area contributed by atoms with Crippen molar-refractivity contribution in [1.82, 2.24) is 19.7 Å². The first kappa shape index (κ1) is 10.6. The number of nitrogens with one attached hydrogen (secondary N) is 1. The van der Waals surface area contributed by atoms with E-state index in [0.29, 0.717) is 6.04 Å². The van der Waals surface area contributed by atoms with Gasteiger partial charge in [-0.1, -0.05) is 0 Å². The lowest BCUT2D eigenvalue weighted by Crippen LogP contribution is -2.09. The maximum atomic E-state index is 4.19. The molecule has 84 valence electrons. The SMILES string of the molecule is CC(C)Nc1cncc(-c2nncn2C)c1. The average Bonchev–Trinajstić information content (AvgIpc) is 2.64. The molecule has 0 unspecified atom stereocenters. The summed E-state index contributed by atoms with van der Waals surface area (Å²) in [6.07, 6.45) is 5.27. The number of aromatic nitrogens is 4. The summed E-state index contributed by atoms with van der Waals surface area (Å²) in [6.45, 7) is 4.18. The molecule has 0 amide bonds. The molecule has 0 saturated heterocycles. The van der Waals surface area contributed by atoms with Crippen molar-refractivity contribution in [2.75, 3.05) is 5.32 Å². The molecule has 2 heterocycles. The Balaban J connectivity index is 2.33. The third-order valence-electron chi connectivity index (χ3n) is 2.16. The Bertz CT molecular complexity index is 475. The van der Waals surface area contributed by atoms with Crippen LogP contribution in [0.15, 0.2) is 24.8 Å². The first-order valence-corrected chi connectivity index (χ1v) is 5.23. The van der Waals surface area contributed by atoms with E-state index in [1.54, 1.807) is 18.7 Å². The van der Waals surface area contributed by atoms with Crippen molar-refractivity contribution in [3.05, 3.63) is 24.8 Å². The number of pyridine rings is 1. The van der Waals surface area contributed by atoms with Crippen LogP contribution >= 0.6 is 0 Å².